The van der Waals surface area contributed by atoms with E-state index in [2.05, 4.69) is 10.3 Å². The van der Waals surface area contributed by atoms with Crippen LogP contribution in [0.15, 0.2) is 30.6 Å². The van der Waals surface area contributed by atoms with Crippen LogP contribution in [0.1, 0.15) is 48.9 Å². The van der Waals surface area contributed by atoms with Gasteiger partial charge in [-0.15, -0.1) is 0 Å². The fraction of sp³-hybridized carbons (Fsp3) is 0.500. The van der Waals surface area contributed by atoms with Crippen LogP contribution in [-0.2, 0) is 4.79 Å². The monoisotopic (exact) mass is 397 g/mol. The Balaban J connectivity index is 1.33. The van der Waals surface area contributed by atoms with Gasteiger partial charge in [0.15, 0.2) is 0 Å². The van der Waals surface area contributed by atoms with Crippen molar-refractivity contribution < 1.29 is 19.8 Å². The molecule has 2 aromatic rings. The number of aromatic hydroxyl groups is 1. The molecule has 2 fully saturated rings. The number of aliphatic hydroxyl groups excluding tert-OH is 1. The summed E-state index contributed by atoms with van der Waals surface area (Å²) in [6.45, 7) is 1.26. The highest BCUT2D eigenvalue weighted by atomic mass is 16.3. The molecule has 0 atom stereocenters. The van der Waals surface area contributed by atoms with E-state index in [-0.39, 0.29) is 41.2 Å². The van der Waals surface area contributed by atoms with Gasteiger partial charge in [-0.05, 0) is 50.7 Å². The summed E-state index contributed by atoms with van der Waals surface area (Å²) in [5.74, 6) is -0.137. The molecule has 2 heterocycles. The number of pyridine rings is 1. The van der Waals surface area contributed by atoms with Gasteiger partial charge in [-0.1, -0.05) is 6.07 Å². The SMILES string of the molecule is O=C(NC1CCC(C(=O)N2CCC(O)CC2)CC1)c1ccc2cnccc2c1O. The van der Waals surface area contributed by atoms with Crippen molar-refractivity contribution in [1.29, 1.82) is 0 Å². The average molecular weight is 397 g/mol. The Morgan fingerprint density at radius 1 is 1.03 bits per heavy atom. The van der Waals surface area contributed by atoms with Crippen LogP contribution in [-0.4, -0.2) is 57.1 Å². The predicted octanol–water partition coefficient (Wildman–Crippen LogP) is 2.21. The topological polar surface area (TPSA) is 103 Å². The van der Waals surface area contributed by atoms with E-state index in [1.807, 2.05) is 4.90 Å². The largest absolute Gasteiger partial charge is 0.506 e. The number of rotatable bonds is 3. The van der Waals surface area contributed by atoms with Crippen molar-refractivity contribution in [3.8, 4) is 5.75 Å². The highest BCUT2D eigenvalue weighted by Crippen LogP contribution is 2.30. The number of phenols is 1. The lowest BCUT2D eigenvalue weighted by atomic mass is 9.84. The van der Waals surface area contributed by atoms with Gasteiger partial charge in [0.2, 0.25) is 5.91 Å². The first-order chi connectivity index (χ1) is 14.0. The Hall–Kier alpha value is -2.67. The molecule has 1 aliphatic heterocycles. The molecule has 0 unspecified atom stereocenters. The van der Waals surface area contributed by atoms with E-state index < -0.39 is 0 Å². The molecule has 0 radical (unpaired) electrons. The first-order valence-electron chi connectivity index (χ1n) is 10.4. The molecule has 4 rings (SSSR count). The van der Waals surface area contributed by atoms with E-state index in [1.165, 1.54) is 0 Å². The second kappa shape index (κ2) is 8.37. The Kier molecular flexibility index (Phi) is 5.67. The third kappa shape index (κ3) is 4.19. The molecule has 154 valence electrons. The lowest BCUT2D eigenvalue weighted by molar-refractivity contribution is -0.138. The maximum atomic E-state index is 12.7. The van der Waals surface area contributed by atoms with Crippen molar-refractivity contribution in [3.05, 3.63) is 36.2 Å². The molecule has 1 aromatic heterocycles. The smallest absolute Gasteiger partial charge is 0.255 e. The molecule has 1 aromatic carbocycles. The molecule has 0 bridgehead atoms. The van der Waals surface area contributed by atoms with E-state index in [9.17, 15) is 19.8 Å². The zero-order chi connectivity index (χ0) is 20.4. The molecule has 29 heavy (non-hydrogen) atoms. The van der Waals surface area contributed by atoms with Crippen molar-refractivity contribution in [2.75, 3.05) is 13.1 Å². The maximum absolute atomic E-state index is 12.7. The second-order valence-corrected chi connectivity index (χ2v) is 8.14. The van der Waals surface area contributed by atoms with Crippen LogP contribution in [0.5, 0.6) is 5.75 Å². The normalized spacial score (nSPS) is 23.1. The fourth-order valence-electron chi connectivity index (χ4n) is 4.43. The minimum absolute atomic E-state index is 0.0000309. The summed E-state index contributed by atoms with van der Waals surface area (Å²) >= 11 is 0. The number of carbonyl (C=O) groups is 2. The van der Waals surface area contributed by atoms with Crippen LogP contribution in [0.3, 0.4) is 0 Å². The Labute approximate surface area is 169 Å². The molecule has 3 N–H and O–H groups in total. The number of carbonyl (C=O) groups excluding carboxylic acids is 2. The highest BCUT2D eigenvalue weighted by molar-refractivity contribution is 6.03. The predicted molar refractivity (Wildman–Crippen MR) is 108 cm³/mol. The quantitative estimate of drug-likeness (QED) is 0.737. The van der Waals surface area contributed by atoms with E-state index in [0.29, 0.717) is 31.3 Å². The summed E-state index contributed by atoms with van der Waals surface area (Å²) in [5.41, 5.74) is 0.258. The summed E-state index contributed by atoms with van der Waals surface area (Å²) in [4.78, 5) is 31.3. The third-order valence-corrected chi connectivity index (χ3v) is 6.22. The Morgan fingerprint density at radius 2 is 1.76 bits per heavy atom. The first kappa shape index (κ1) is 19.6. The number of nitrogens with one attached hydrogen (secondary N) is 1. The van der Waals surface area contributed by atoms with E-state index in [1.54, 1.807) is 30.6 Å². The van der Waals surface area contributed by atoms with Gasteiger partial charge in [0.25, 0.3) is 5.91 Å². The number of aromatic nitrogens is 1. The molecule has 7 heteroatoms. The summed E-state index contributed by atoms with van der Waals surface area (Å²) < 4.78 is 0. The molecular formula is C22H27N3O4. The zero-order valence-electron chi connectivity index (χ0n) is 16.4. The lowest BCUT2D eigenvalue weighted by Crippen LogP contribution is -2.45. The number of hydrogen-bond acceptors (Lipinski definition) is 5. The number of benzene rings is 1. The Morgan fingerprint density at radius 3 is 2.48 bits per heavy atom. The van der Waals surface area contributed by atoms with E-state index >= 15 is 0 Å². The number of likely N-dealkylation sites (tertiary alicyclic amines) is 1. The van der Waals surface area contributed by atoms with Gasteiger partial charge in [-0.3, -0.25) is 14.6 Å². The van der Waals surface area contributed by atoms with Crippen LogP contribution in [0.2, 0.25) is 0 Å². The lowest BCUT2D eigenvalue weighted by Gasteiger charge is -2.35. The van der Waals surface area contributed by atoms with Crippen molar-refractivity contribution in [3.63, 3.8) is 0 Å². The number of piperidine rings is 1. The Bertz CT molecular complexity index is 900. The molecule has 2 aliphatic rings. The standard InChI is InChI=1S/C22H27N3O4/c26-17-8-11-25(12-9-17)22(29)14-1-4-16(5-2-14)24-21(28)19-6-3-15-13-23-10-7-18(15)20(19)27/h3,6-7,10,13-14,16-17,26-27H,1-2,4-5,8-9,11-12H2,(H,24,28). The minimum atomic E-state index is -0.291. The number of amides is 2. The molecular weight excluding hydrogens is 370 g/mol. The summed E-state index contributed by atoms with van der Waals surface area (Å²) in [7, 11) is 0. The van der Waals surface area contributed by atoms with Crippen molar-refractivity contribution in [2.45, 2.75) is 50.7 Å². The van der Waals surface area contributed by atoms with Crippen LogP contribution in [0.4, 0.5) is 0 Å². The summed E-state index contributed by atoms with van der Waals surface area (Å²) in [6, 6.07) is 5.09. The summed E-state index contributed by atoms with van der Waals surface area (Å²) in [5, 5.41) is 24.5. The average Bonchev–Trinajstić information content (AvgIpc) is 2.75. The first-order valence-corrected chi connectivity index (χ1v) is 10.4. The van der Waals surface area contributed by atoms with Crippen LogP contribution >= 0.6 is 0 Å². The zero-order valence-corrected chi connectivity index (χ0v) is 16.4. The van der Waals surface area contributed by atoms with Crippen LogP contribution in [0.25, 0.3) is 10.8 Å². The number of hydrogen-bond donors (Lipinski definition) is 3. The van der Waals surface area contributed by atoms with Crippen LogP contribution < -0.4 is 5.32 Å². The highest BCUT2D eigenvalue weighted by Gasteiger charge is 2.32. The van der Waals surface area contributed by atoms with Gasteiger partial charge in [0, 0.05) is 48.2 Å². The number of fused-ring (bicyclic) bond motifs is 1. The maximum Gasteiger partial charge on any atom is 0.255 e. The summed E-state index contributed by atoms with van der Waals surface area (Å²) in [6.07, 6.45) is 7.26. The third-order valence-electron chi connectivity index (χ3n) is 6.22. The molecule has 1 saturated heterocycles. The molecule has 1 aliphatic carbocycles. The van der Waals surface area contributed by atoms with Crippen molar-refractivity contribution in [2.24, 2.45) is 5.92 Å². The molecule has 1 saturated carbocycles. The van der Waals surface area contributed by atoms with Gasteiger partial charge in [0.1, 0.15) is 5.75 Å². The van der Waals surface area contributed by atoms with Gasteiger partial charge in [-0.2, -0.15) is 0 Å². The van der Waals surface area contributed by atoms with Gasteiger partial charge in [-0.25, -0.2) is 0 Å². The number of phenolic OH excluding ortho intramolecular Hbond substituents is 1. The van der Waals surface area contributed by atoms with Gasteiger partial charge >= 0.3 is 0 Å². The van der Waals surface area contributed by atoms with E-state index in [0.717, 1.165) is 31.1 Å². The van der Waals surface area contributed by atoms with Crippen molar-refractivity contribution >= 4 is 22.6 Å². The number of nitrogens with zero attached hydrogens (tertiary/aromatic N) is 2. The van der Waals surface area contributed by atoms with Gasteiger partial charge < -0.3 is 20.4 Å². The van der Waals surface area contributed by atoms with Crippen LogP contribution in [0, 0.1) is 5.92 Å². The fourth-order valence-corrected chi connectivity index (χ4v) is 4.43. The van der Waals surface area contributed by atoms with Crippen molar-refractivity contribution in [1.82, 2.24) is 15.2 Å². The van der Waals surface area contributed by atoms with Gasteiger partial charge in [0.05, 0.1) is 11.7 Å². The van der Waals surface area contributed by atoms with E-state index in [4.69, 9.17) is 0 Å². The molecule has 7 nitrogen and oxygen atoms in total. The molecule has 2 amide bonds. The second-order valence-electron chi connectivity index (χ2n) is 8.14. The molecule has 0 spiro atoms. The minimum Gasteiger partial charge on any atom is -0.506 e. The number of aliphatic hydroxyl groups is 1.